The van der Waals surface area contributed by atoms with E-state index in [0.717, 1.165) is 6.08 Å². The molecule has 1 N–H and O–H groups in total. The number of carbonyl (C=O) groups is 3. The summed E-state index contributed by atoms with van der Waals surface area (Å²) in [5.41, 5.74) is 0. The number of carbonyl (C=O) groups excluding carboxylic acids is 2. The van der Waals surface area contributed by atoms with Crippen molar-refractivity contribution in [1.82, 2.24) is 4.90 Å². The Balaban J connectivity index is 4.52. The van der Waals surface area contributed by atoms with Gasteiger partial charge in [-0.1, -0.05) is 0 Å². The fourth-order valence-corrected chi connectivity index (χ4v) is 1.40. The molecule has 0 spiro atoms. The Hall–Kier alpha value is -1.93. The lowest BCUT2D eigenvalue weighted by Crippen LogP contribution is -2.43. The molecule has 0 radical (unpaired) electrons. The van der Waals surface area contributed by atoms with Crippen molar-refractivity contribution in [3.05, 3.63) is 12.2 Å². The molecule has 0 bridgehead atoms. The summed E-state index contributed by atoms with van der Waals surface area (Å²) in [6.45, 7) is 2.78. The third-order valence-corrected chi connectivity index (χ3v) is 2.45. The lowest BCUT2D eigenvalue weighted by atomic mass is 10.3. The van der Waals surface area contributed by atoms with E-state index in [1.165, 1.54) is 26.0 Å². The highest BCUT2D eigenvalue weighted by Gasteiger charge is 2.22. The van der Waals surface area contributed by atoms with Gasteiger partial charge in [-0.15, -0.1) is 0 Å². The molecule has 0 aromatic heterocycles. The molecule has 1 unspecified atom stereocenters. The fourth-order valence-electron chi connectivity index (χ4n) is 1.40. The Bertz CT molecular complexity index is 373. The topological polar surface area (TPSA) is 102 Å². The minimum atomic E-state index is -1.27. The molecule has 1 atom stereocenters. The van der Waals surface area contributed by atoms with Crippen LogP contribution in [0.15, 0.2) is 12.2 Å². The predicted molar refractivity (Wildman–Crippen MR) is 72.7 cm³/mol. The summed E-state index contributed by atoms with van der Waals surface area (Å²) in [4.78, 5) is 35.2. The van der Waals surface area contributed by atoms with Crippen LogP contribution in [0.3, 0.4) is 0 Å². The number of carboxylic acid groups (broad SMARTS) is 1. The summed E-state index contributed by atoms with van der Waals surface area (Å²) in [6.07, 6.45) is 0.373. The molecule has 0 aliphatic rings. The van der Waals surface area contributed by atoms with Gasteiger partial charge < -0.3 is 24.2 Å². The highest BCUT2D eigenvalue weighted by atomic mass is 16.5. The van der Waals surface area contributed by atoms with Gasteiger partial charge in [-0.05, 0) is 6.92 Å². The van der Waals surface area contributed by atoms with Gasteiger partial charge in [-0.25, -0.2) is 9.59 Å². The molecule has 0 fully saturated rings. The molecule has 0 heterocycles. The zero-order valence-electron chi connectivity index (χ0n) is 12.4. The minimum absolute atomic E-state index is 0.339. The zero-order valence-corrected chi connectivity index (χ0v) is 12.4. The van der Waals surface area contributed by atoms with E-state index >= 15 is 0 Å². The second kappa shape index (κ2) is 10.8. The predicted octanol–water partition coefficient (Wildman–Crippen LogP) is -0.320. The Morgan fingerprint density at radius 1 is 1.10 bits per heavy atom. The molecular formula is C13H21NO7. The smallest absolute Gasteiger partial charge is 0.331 e. The third kappa shape index (κ3) is 8.77. The van der Waals surface area contributed by atoms with E-state index in [1.807, 2.05) is 0 Å². The minimum Gasteiger partial charge on any atom is -0.478 e. The highest BCUT2D eigenvalue weighted by Crippen LogP contribution is 2.01. The number of methoxy groups -OCH3 is 2. The average Bonchev–Trinajstić information content (AvgIpc) is 2.44. The van der Waals surface area contributed by atoms with E-state index < -0.39 is 23.9 Å². The number of amides is 1. The van der Waals surface area contributed by atoms with Crippen LogP contribution in [-0.4, -0.2) is 74.5 Å². The number of rotatable bonds is 10. The SMILES string of the molecule is COCCN(CCOC)C(=O)C(C)OC(=O)C=CC(=O)O. The summed E-state index contributed by atoms with van der Waals surface area (Å²) >= 11 is 0. The van der Waals surface area contributed by atoms with Crippen molar-refractivity contribution in [2.75, 3.05) is 40.5 Å². The average molecular weight is 303 g/mol. The maximum absolute atomic E-state index is 12.1. The quantitative estimate of drug-likeness (QED) is 0.436. The van der Waals surface area contributed by atoms with Crippen molar-refractivity contribution >= 4 is 17.8 Å². The first-order chi connectivity index (χ1) is 9.92. The Kier molecular flexibility index (Phi) is 9.82. The molecule has 8 heteroatoms. The molecule has 8 nitrogen and oxygen atoms in total. The Morgan fingerprint density at radius 2 is 1.62 bits per heavy atom. The number of hydrogen-bond acceptors (Lipinski definition) is 6. The molecule has 0 aromatic rings. The van der Waals surface area contributed by atoms with Gasteiger partial charge in [0.15, 0.2) is 6.10 Å². The van der Waals surface area contributed by atoms with Gasteiger partial charge in [0.2, 0.25) is 0 Å². The van der Waals surface area contributed by atoms with E-state index in [0.29, 0.717) is 32.4 Å². The van der Waals surface area contributed by atoms with Crippen molar-refractivity contribution in [1.29, 1.82) is 0 Å². The molecule has 21 heavy (non-hydrogen) atoms. The van der Waals surface area contributed by atoms with Gasteiger partial charge in [0.25, 0.3) is 5.91 Å². The van der Waals surface area contributed by atoms with Crippen LogP contribution in [-0.2, 0) is 28.6 Å². The van der Waals surface area contributed by atoms with E-state index in [1.54, 1.807) is 0 Å². The Labute approximate surface area is 123 Å². The van der Waals surface area contributed by atoms with Crippen molar-refractivity contribution in [2.45, 2.75) is 13.0 Å². The summed E-state index contributed by atoms with van der Waals surface area (Å²) < 4.78 is 14.7. The van der Waals surface area contributed by atoms with Crippen LogP contribution in [0.1, 0.15) is 6.92 Å². The number of aliphatic carboxylic acids is 1. The van der Waals surface area contributed by atoms with E-state index in [9.17, 15) is 14.4 Å². The number of ether oxygens (including phenoxy) is 3. The number of nitrogens with zero attached hydrogens (tertiary/aromatic N) is 1. The first kappa shape index (κ1) is 19.1. The monoisotopic (exact) mass is 303 g/mol. The summed E-state index contributed by atoms with van der Waals surface area (Å²) in [7, 11) is 3.03. The maximum atomic E-state index is 12.1. The van der Waals surface area contributed by atoms with Crippen molar-refractivity contribution in [2.24, 2.45) is 0 Å². The van der Waals surface area contributed by atoms with Crippen LogP contribution in [0.2, 0.25) is 0 Å². The molecule has 0 saturated carbocycles. The maximum Gasteiger partial charge on any atom is 0.331 e. The van der Waals surface area contributed by atoms with E-state index in [2.05, 4.69) is 0 Å². The van der Waals surface area contributed by atoms with Gasteiger partial charge in [0.05, 0.1) is 13.2 Å². The van der Waals surface area contributed by atoms with E-state index in [-0.39, 0.29) is 0 Å². The van der Waals surface area contributed by atoms with E-state index in [4.69, 9.17) is 19.3 Å². The van der Waals surface area contributed by atoms with Crippen LogP contribution in [0.4, 0.5) is 0 Å². The molecule has 0 rings (SSSR count). The van der Waals surface area contributed by atoms with Crippen molar-refractivity contribution in [3.63, 3.8) is 0 Å². The number of carboxylic acids is 1. The first-order valence-electron chi connectivity index (χ1n) is 6.30. The fraction of sp³-hybridized carbons (Fsp3) is 0.615. The van der Waals surface area contributed by atoms with Gasteiger partial charge in [-0.2, -0.15) is 0 Å². The molecule has 0 aliphatic carbocycles. The van der Waals surface area contributed by atoms with Crippen LogP contribution in [0.25, 0.3) is 0 Å². The second-order valence-electron chi connectivity index (χ2n) is 4.06. The Morgan fingerprint density at radius 3 is 2.05 bits per heavy atom. The highest BCUT2D eigenvalue weighted by molar-refractivity contribution is 5.92. The normalized spacial score (nSPS) is 12.1. The molecule has 0 aliphatic heterocycles. The molecule has 0 saturated heterocycles. The van der Waals surface area contributed by atoms with Gasteiger partial charge in [0, 0.05) is 39.5 Å². The number of esters is 1. The largest absolute Gasteiger partial charge is 0.478 e. The standard InChI is InChI=1S/C13H21NO7/c1-10(21-12(17)5-4-11(15)16)13(18)14(6-8-19-2)7-9-20-3/h4-5,10H,6-9H2,1-3H3,(H,15,16). The van der Waals surface area contributed by atoms with Crippen LogP contribution >= 0.6 is 0 Å². The molecule has 1 amide bonds. The van der Waals surface area contributed by atoms with Crippen molar-refractivity contribution in [3.8, 4) is 0 Å². The number of hydrogen-bond donors (Lipinski definition) is 1. The first-order valence-corrected chi connectivity index (χ1v) is 6.30. The van der Waals surface area contributed by atoms with Gasteiger partial charge in [0.1, 0.15) is 0 Å². The van der Waals surface area contributed by atoms with Gasteiger partial charge >= 0.3 is 11.9 Å². The van der Waals surface area contributed by atoms with Crippen LogP contribution < -0.4 is 0 Å². The zero-order chi connectivity index (χ0) is 16.3. The lowest BCUT2D eigenvalue weighted by Gasteiger charge is -2.24. The molecule has 120 valence electrons. The molecular weight excluding hydrogens is 282 g/mol. The van der Waals surface area contributed by atoms with Gasteiger partial charge in [-0.3, -0.25) is 4.79 Å². The summed E-state index contributed by atoms with van der Waals surface area (Å²) in [5.74, 6) is -2.56. The van der Waals surface area contributed by atoms with Crippen molar-refractivity contribution < 1.29 is 33.7 Å². The third-order valence-electron chi connectivity index (χ3n) is 2.45. The van der Waals surface area contributed by atoms with Crippen LogP contribution in [0, 0.1) is 0 Å². The summed E-state index contributed by atoms with van der Waals surface area (Å²) in [6, 6.07) is 0. The second-order valence-corrected chi connectivity index (χ2v) is 4.06. The molecule has 0 aromatic carbocycles. The lowest BCUT2D eigenvalue weighted by molar-refractivity contribution is -0.156. The van der Waals surface area contributed by atoms with Crippen LogP contribution in [0.5, 0.6) is 0 Å². The summed E-state index contributed by atoms with van der Waals surface area (Å²) in [5, 5.41) is 8.39.